The molecule has 2 aromatic heterocycles. The molecule has 2 heterocycles. The molecule has 0 aliphatic heterocycles. The Morgan fingerprint density at radius 1 is 1.39 bits per heavy atom. The van der Waals surface area contributed by atoms with E-state index in [0.29, 0.717) is 32.2 Å². The summed E-state index contributed by atoms with van der Waals surface area (Å²) in [4.78, 5) is 21.1. The zero-order chi connectivity index (χ0) is 16.6. The molecule has 0 fully saturated rings. The van der Waals surface area contributed by atoms with Gasteiger partial charge in [-0.15, -0.1) is 11.3 Å². The van der Waals surface area contributed by atoms with E-state index in [1.54, 1.807) is 19.1 Å². The Kier molecular flexibility index (Phi) is 4.14. The number of thiophene rings is 1. The first-order chi connectivity index (χ1) is 11.0. The molecular weight excluding hydrogens is 341 g/mol. The number of ether oxygens (including phenoxy) is 1. The molecule has 1 N–H and O–H groups in total. The topological polar surface area (TPSA) is 64.1 Å². The van der Waals surface area contributed by atoms with Crippen molar-refractivity contribution in [1.82, 2.24) is 9.97 Å². The van der Waals surface area contributed by atoms with Gasteiger partial charge in [0.2, 0.25) is 5.28 Å². The Balaban J connectivity index is 2.16. The fourth-order valence-electron chi connectivity index (χ4n) is 2.19. The Hall–Kier alpha value is -2.25. The number of hydrogen-bond acceptors (Lipinski definition) is 6. The number of esters is 1. The van der Waals surface area contributed by atoms with Crippen molar-refractivity contribution in [2.45, 2.75) is 6.92 Å². The van der Waals surface area contributed by atoms with Crippen LogP contribution in [0.3, 0.4) is 0 Å². The van der Waals surface area contributed by atoms with Gasteiger partial charge in [-0.25, -0.2) is 14.2 Å². The van der Waals surface area contributed by atoms with Gasteiger partial charge in [0.1, 0.15) is 21.3 Å². The monoisotopic (exact) mass is 351 g/mol. The smallest absolute Gasteiger partial charge is 0.348 e. The lowest BCUT2D eigenvalue weighted by molar-refractivity contribution is 0.0605. The normalized spacial score (nSPS) is 10.8. The van der Waals surface area contributed by atoms with Gasteiger partial charge in [0.25, 0.3) is 0 Å². The molecule has 0 unspecified atom stereocenters. The van der Waals surface area contributed by atoms with Crippen LogP contribution in [0.4, 0.5) is 15.9 Å². The molecule has 0 saturated carbocycles. The van der Waals surface area contributed by atoms with Crippen LogP contribution in [0.15, 0.2) is 24.3 Å². The molecule has 5 nitrogen and oxygen atoms in total. The summed E-state index contributed by atoms with van der Waals surface area (Å²) < 4.78 is 18.1. The van der Waals surface area contributed by atoms with Crippen LogP contribution in [0.5, 0.6) is 0 Å². The van der Waals surface area contributed by atoms with E-state index in [0.717, 1.165) is 0 Å². The van der Waals surface area contributed by atoms with Gasteiger partial charge in [0.05, 0.1) is 12.5 Å². The van der Waals surface area contributed by atoms with E-state index in [4.69, 9.17) is 16.3 Å². The minimum atomic E-state index is -0.446. The van der Waals surface area contributed by atoms with Crippen molar-refractivity contribution < 1.29 is 13.9 Å². The molecule has 1 aromatic carbocycles. The summed E-state index contributed by atoms with van der Waals surface area (Å²) in [6, 6.07) is 5.97. The molecule has 0 amide bonds. The van der Waals surface area contributed by atoms with E-state index < -0.39 is 5.97 Å². The van der Waals surface area contributed by atoms with Crippen molar-refractivity contribution in [2.24, 2.45) is 0 Å². The highest BCUT2D eigenvalue weighted by Gasteiger charge is 2.21. The molecule has 0 atom stereocenters. The third kappa shape index (κ3) is 2.97. The van der Waals surface area contributed by atoms with Crippen molar-refractivity contribution in [3.63, 3.8) is 0 Å². The highest BCUT2D eigenvalue weighted by atomic mass is 35.5. The Bertz CT molecular complexity index is 913. The third-order valence-corrected chi connectivity index (χ3v) is 4.56. The fraction of sp³-hybridized carbons (Fsp3) is 0.133. The standard InChI is InChI=1S/C15H11ClFN3O2S/c1-7-10-12(18-9-5-3-4-8(17)6-9)19-15(16)20-13(10)23-11(7)14(21)22-2/h3-6H,1-2H3,(H,18,19,20). The first kappa shape index (κ1) is 15.6. The van der Waals surface area contributed by atoms with Crippen LogP contribution in [0.1, 0.15) is 15.2 Å². The van der Waals surface area contributed by atoms with Crippen LogP contribution in [0, 0.1) is 12.7 Å². The molecule has 0 radical (unpaired) electrons. The summed E-state index contributed by atoms with van der Waals surface area (Å²) in [7, 11) is 1.32. The predicted molar refractivity (Wildman–Crippen MR) is 88.2 cm³/mol. The average Bonchev–Trinajstić information content (AvgIpc) is 2.83. The summed E-state index contributed by atoms with van der Waals surface area (Å²) in [5.41, 5.74) is 1.21. The maximum Gasteiger partial charge on any atom is 0.348 e. The number of rotatable bonds is 3. The predicted octanol–water partition coefficient (Wildman–Crippen LogP) is 4.32. The fourth-order valence-corrected chi connectivity index (χ4v) is 3.51. The van der Waals surface area contributed by atoms with Crippen LogP contribution in [0.2, 0.25) is 5.28 Å². The van der Waals surface area contributed by atoms with Crippen LogP contribution < -0.4 is 5.32 Å². The molecular formula is C15H11ClFN3O2S. The Labute approximate surface area is 140 Å². The lowest BCUT2D eigenvalue weighted by Crippen LogP contribution is -2.00. The highest BCUT2D eigenvalue weighted by molar-refractivity contribution is 7.20. The minimum absolute atomic E-state index is 0.0362. The first-order valence-electron chi connectivity index (χ1n) is 6.57. The molecule has 0 aliphatic carbocycles. The number of benzene rings is 1. The number of halogens is 2. The number of nitrogens with one attached hydrogen (secondary N) is 1. The molecule has 3 aromatic rings. The number of anilines is 2. The summed E-state index contributed by atoms with van der Waals surface area (Å²) >= 11 is 7.13. The second kappa shape index (κ2) is 6.10. The van der Waals surface area contributed by atoms with Crippen LogP contribution >= 0.6 is 22.9 Å². The number of hydrogen-bond donors (Lipinski definition) is 1. The van der Waals surface area contributed by atoms with Crippen molar-refractivity contribution in [1.29, 1.82) is 0 Å². The van der Waals surface area contributed by atoms with Gasteiger partial charge in [-0.05, 0) is 42.3 Å². The zero-order valence-electron chi connectivity index (χ0n) is 12.2. The summed E-state index contributed by atoms with van der Waals surface area (Å²) in [6.07, 6.45) is 0. The van der Waals surface area contributed by atoms with E-state index in [1.165, 1.54) is 30.6 Å². The van der Waals surface area contributed by atoms with Gasteiger partial charge >= 0.3 is 5.97 Å². The van der Waals surface area contributed by atoms with E-state index in [9.17, 15) is 9.18 Å². The number of carbonyl (C=O) groups excluding carboxylic acids is 1. The third-order valence-electron chi connectivity index (χ3n) is 3.22. The summed E-state index contributed by atoms with van der Waals surface area (Å²) in [5, 5.41) is 3.71. The van der Waals surface area contributed by atoms with Crippen LogP contribution in [-0.4, -0.2) is 23.0 Å². The highest BCUT2D eigenvalue weighted by Crippen LogP contribution is 2.36. The molecule has 0 aliphatic rings. The lowest BCUT2D eigenvalue weighted by atomic mass is 10.2. The van der Waals surface area contributed by atoms with Gasteiger partial charge in [-0.3, -0.25) is 0 Å². The van der Waals surface area contributed by atoms with Gasteiger partial charge in [0.15, 0.2) is 0 Å². The molecule has 8 heteroatoms. The number of fused-ring (bicyclic) bond motifs is 1. The van der Waals surface area contributed by atoms with E-state index in [-0.39, 0.29) is 11.1 Å². The van der Waals surface area contributed by atoms with Gasteiger partial charge in [-0.1, -0.05) is 6.07 Å². The molecule has 23 heavy (non-hydrogen) atoms. The van der Waals surface area contributed by atoms with Crippen LogP contribution in [-0.2, 0) is 4.74 Å². The van der Waals surface area contributed by atoms with E-state index in [2.05, 4.69) is 15.3 Å². The van der Waals surface area contributed by atoms with Gasteiger partial charge < -0.3 is 10.1 Å². The summed E-state index contributed by atoms with van der Waals surface area (Å²) in [5.74, 6) is -0.406. The maximum absolute atomic E-state index is 13.3. The maximum atomic E-state index is 13.3. The van der Waals surface area contributed by atoms with Crippen molar-refractivity contribution in [3.8, 4) is 0 Å². The second-order valence-electron chi connectivity index (χ2n) is 4.70. The Morgan fingerprint density at radius 2 is 2.17 bits per heavy atom. The lowest BCUT2D eigenvalue weighted by Gasteiger charge is -2.08. The molecule has 3 rings (SSSR count). The second-order valence-corrected chi connectivity index (χ2v) is 6.04. The molecule has 0 spiro atoms. The minimum Gasteiger partial charge on any atom is -0.465 e. The SMILES string of the molecule is COC(=O)c1sc2nc(Cl)nc(Nc3cccc(F)c3)c2c1C. The number of aromatic nitrogens is 2. The zero-order valence-corrected chi connectivity index (χ0v) is 13.8. The first-order valence-corrected chi connectivity index (χ1v) is 7.76. The van der Waals surface area contributed by atoms with Gasteiger partial charge in [-0.2, -0.15) is 4.98 Å². The number of carbonyl (C=O) groups is 1. The van der Waals surface area contributed by atoms with Crippen molar-refractivity contribution in [3.05, 3.63) is 45.8 Å². The van der Waals surface area contributed by atoms with E-state index in [1.807, 2.05) is 0 Å². The van der Waals surface area contributed by atoms with Crippen LogP contribution in [0.25, 0.3) is 10.2 Å². The van der Waals surface area contributed by atoms with Gasteiger partial charge in [0, 0.05) is 5.69 Å². The average molecular weight is 352 g/mol. The largest absolute Gasteiger partial charge is 0.465 e. The number of aryl methyl sites for hydroxylation is 1. The Morgan fingerprint density at radius 3 is 2.87 bits per heavy atom. The summed E-state index contributed by atoms with van der Waals surface area (Å²) in [6.45, 7) is 1.78. The van der Waals surface area contributed by atoms with Crippen molar-refractivity contribution >= 4 is 50.6 Å². The van der Waals surface area contributed by atoms with E-state index >= 15 is 0 Å². The molecule has 118 valence electrons. The quantitative estimate of drug-likeness (QED) is 0.562. The number of methoxy groups -OCH3 is 1. The van der Waals surface area contributed by atoms with Crippen molar-refractivity contribution in [2.75, 3.05) is 12.4 Å². The number of nitrogens with zero attached hydrogens (tertiary/aromatic N) is 2. The molecule has 0 bridgehead atoms. The molecule has 0 saturated heterocycles.